The number of nitroso groups, excluding NO2 is 2. The van der Waals surface area contributed by atoms with E-state index in [-0.39, 0.29) is 9.79 Å². The van der Waals surface area contributed by atoms with Gasteiger partial charge in [0.15, 0.2) is 0 Å². The van der Waals surface area contributed by atoms with Crippen molar-refractivity contribution in [2.45, 2.75) is 86.1 Å². The molecule has 0 N–H and O–H groups in total. The van der Waals surface area contributed by atoms with E-state index in [1.54, 1.807) is 0 Å². The van der Waals surface area contributed by atoms with Crippen LogP contribution in [0, 0.1) is 9.81 Å². The van der Waals surface area contributed by atoms with Crippen LogP contribution in [0.25, 0.3) is 0 Å². The van der Waals surface area contributed by atoms with Crippen molar-refractivity contribution in [2.24, 2.45) is 10.4 Å². The zero-order valence-electron chi connectivity index (χ0n) is 22.6. The van der Waals surface area contributed by atoms with Gasteiger partial charge in [0.05, 0.1) is 9.79 Å². The average molecular weight is 589 g/mol. The van der Waals surface area contributed by atoms with Crippen molar-refractivity contribution in [2.75, 3.05) is 26.2 Å². The van der Waals surface area contributed by atoms with Crippen molar-refractivity contribution in [1.29, 1.82) is 0 Å². The Morgan fingerprint density at radius 2 is 0.825 bits per heavy atom. The molecule has 0 aromatic heterocycles. The average Bonchev–Trinajstić information content (AvgIpc) is 2.90. The predicted molar refractivity (Wildman–Crippen MR) is 152 cm³/mol. The van der Waals surface area contributed by atoms with E-state index in [0.29, 0.717) is 48.4 Å². The Morgan fingerprint density at radius 1 is 0.500 bits per heavy atom. The predicted octanol–water partition coefficient (Wildman–Crippen LogP) is 5.62. The zero-order valence-corrected chi connectivity index (χ0v) is 24.2. The number of sulfonamides is 2. The summed E-state index contributed by atoms with van der Waals surface area (Å²) in [6.07, 6.45) is 9.26. The summed E-state index contributed by atoms with van der Waals surface area (Å²) in [5.74, 6) is 0. The Labute approximate surface area is 236 Å². The Morgan fingerprint density at radius 3 is 1.15 bits per heavy atom. The molecule has 0 amide bonds. The second-order valence-electron chi connectivity index (χ2n) is 10.9. The Hall–Kier alpha value is -2.54. The molecule has 2 atom stereocenters. The fraction of sp³-hybridized carbons (Fsp3) is 0.571. The molecule has 1 aliphatic carbocycles. The van der Waals surface area contributed by atoms with E-state index in [9.17, 15) is 26.6 Å². The topological polar surface area (TPSA) is 134 Å². The lowest BCUT2D eigenvalue weighted by Gasteiger charge is -2.30. The summed E-state index contributed by atoms with van der Waals surface area (Å²) >= 11 is 0. The van der Waals surface area contributed by atoms with E-state index in [1.807, 2.05) is 0 Å². The Bertz CT molecular complexity index is 1350. The van der Waals surface area contributed by atoms with Gasteiger partial charge in [0.25, 0.3) is 0 Å². The van der Waals surface area contributed by atoms with Gasteiger partial charge in [-0.05, 0) is 72.2 Å². The highest BCUT2D eigenvalue weighted by Crippen LogP contribution is 2.46. The van der Waals surface area contributed by atoms with E-state index in [2.05, 4.69) is 10.4 Å². The van der Waals surface area contributed by atoms with Gasteiger partial charge in [0.2, 0.25) is 20.0 Å². The summed E-state index contributed by atoms with van der Waals surface area (Å²) in [5.41, 5.74) is 1.33. The summed E-state index contributed by atoms with van der Waals surface area (Å²) in [4.78, 5) is 24.5. The first-order valence-electron chi connectivity index (χ1n) is 14.2. The molecular formula is C28H36N4O6S2. The molecule has 2 unspecified atom stereocenters. The molecule has 10 nitrogen and oxygen atoms in total. The molecule has 2 aromatic carbocycles. The number of benzene rings is 2. The van der Waals surface area contributed by atoms with Crippen molar-refractivity contribution < 1.29 is 16.8 Å². The highest BCUT2D eigenvalue weighted by atomic mass is 32.2. The molecule has 2 heterocycles. The molecule has 2 aromatic rings. The number of nitrogens with zero attached hydrogens (tertiary/aromatic N) is 4. The minimum absolute atomic E-state index is 0.0462. The second kappa shape index (κ2) is 12.1. The smallest absolute Gasteiger partial charge is 0.207 e. The van der Waals surface area contributed by atoms with Gasteiger partial charge < -0.3 is 0 Å². The molecule has 2 aliphatic heterocycles. The monoisotopic (exact) mass is 588 g/mol. The van der Waals surface area contributed by atoms with Gasteiger partial charge in [0.1, 0.15) is 12.1 Å². The molecule has 216 valence electrons. The highest BCUT2D eigenvalue weighted by molar-refractivity contribution is 7.89. The summed E-state index contributed by atoms with van der Waals surface area (Å²) in [6.45, 7) is 1.74. The first kappa shape index (κ1) is 29.0. The summed E-state index contributed by atoms with van der Waals surface area (Å²) in [6, 6.07) is 6.59. The van der Waals surface area contributed by atoms with Crippen molar-refractivity contribution in [3.05, 3.63) is 68.5 Å². The van der Waals surface area contributed by atoms with Gasteiger partial charge in [-0.1, -0.05) is 61.0 Å². The first-order valence-corrected chi connectivity index (χ1v) is 17.1. The third-order valence-electron chi connectivity index (χ3n) is 8.41. The lowest BCUT2D eigenvalue weighted by Crippen LogP contribution is -2.34. The maximum Gasteiger partial charge on any atom is 0.243 e. The van der Waals surface area contributed by atoms with Crippen LogP contribution < -0.4 is 0 Å². The number of hydrogen-bond acceptors (Lipinski definition) is 8. The molecule has 0 saturated carbocycles. The third-order valence-corrected chi connectivity index (χ3v) is 12.2. The lowest BCUT2D eigenvalue weighted by atomic mass is 9.80. The molecule has 0 bridgehead atoms. The fourth-order valence-corrected chi connectivity index (χ4v) is 9.28. The Balaban J connectivity index is 1.52. The maximum absolute atomic E-state index is 13.5. The third kappa shape index (κ3) is 5.50. The number of hydrogen-bond donors (Lipinski definition) is 0. The van der Waals surface area contributed by atoms with Crippen LogP contribution in [0.1, 0.15) is 98.5 Å². The van der Waals surface area contributed by atoms with Gasteiger partial charge in [0, 0.05) is 26.2 Å². The molecule has 2 fully saturated rings. The van der Waals surface area contributed by atoms with E-state index < -0.39 is 32.1 Å². The molecule has 40 heavy (non-hydrogen) atoms. The largest absolute Gasteiger partial charge is 0.243 e. The van der Waals surface area contributed by atoms with Crippen LogP contribution in [0.15, 0.2) is 56.5 Å². The normalized spacial score (nSPS) is 23.5. The maximum atomic E-state index is 13.5. The van der Waals surface area contributed by atoms with E-state index in [4.69, 9.17) is 0 Å². The summed E-state index contributed by atoms with van der Waals surface area (Å²) in [5, 5.41) is 6.61. The second-order valence-corrected chi connectivity index (χ2v) is 14.8. The van der Waals surface area contributed by atoms with Crippen LogP contribution in [0.4, 0.5) is 0 Å². The van der Waals surface area contributed by atoms with E-state index in [1.165, 1.54) is 45.0 Å². The quantitative estimate of drug-likeness (QED) is 0.402. The molecular weight excluding hydrogens is 552 g/mol. The lowest BCUT2D eigenvalue weighted by molar-refractivity contribution is 0.363. The van der Waals surface area contributed by atoms with Crippen molar-refractivity contribution in [3.8, 4) is 0 Å². The fourth-order valence-electron chi connectivity index (χ4n) is 6.18. The van der Waals surface area contributed by atoms with Gasteiger partial charge >= 0.3 is 0 Å². The molecule has 0 radical (unpaired) electrons. The minimum atomic E-state index is -3.82. The first-order chi connectivity index (χ1) is 19.3. The van der Waals surface area contributed by atoms with Gasteiger partial charge in [-0.15, -0.1) is 9.81 Å². The van der Waals surface area contributed by atoms with E-state index in [0.717, 1.165) is 64.2 Å². The van der Waals surface area contributed by atoms with Gasteiger partial charge in [-0.25, -0.2) is 16.8 Å². The molecule has 12 heteroatoms. The van der Waals surface area contributed by atoms with Crippen LogP contribution in [0.2, 0.25) is 0 Å². The van der Waals surface area contributed by atoms with Crippen LogP contribution >= 0.6 is 0 Å². The molecule has 2 saturated heterocycles. The van der Waals surface area contributed by atoms with Gasteiger partial charge in [-0.2, -0.15) is 8.61 Å². The SMILES string of the molecule is O=NC1c2ccc(S(=O)(=O)N3CCCCCCC3)cc2C(N=O)c2ccc(S(=O)(=O)N3CCCCCCC3)cc21. The van der Waals surface area contributed by atoms with Crippen LogP contribution in [0.3, 0.4) is 0 Å². The molecule has 0 spiro atoms. The molecule has 3 aliphatic rings. The standard InChI is InChI=1S/C28H36N4O6S2/c33-29-27-24-14-12-22(40(37,38)32-17-9-5-2-6-10-18-32)20-26(24)28(30-34)23-13-11-21(19-25(23)27)39(35,36)31-15-7-3-1-4-8-16-31/h11-14,19-20,27-28H,1-10,15-18H2. The zero-order chi connectivity index (χ0) is 28.3. The minimum Gasteiger partial charge on any atom is -0.207 e. The number of rotatable bonds is 6. The van der Waals surface area contributed by atoms with Crippen LogP contribution in [-0.4, -0.2) is 51.6 Å². The number of fused-ring (bicyclic) bond motifs is 2. The van der Waals surface area contributed by atoms with Crippen molar-refractivity contribution in [1.82, 2.24) is 8.61 Å². The summed E-state index contributed by atoms with van der Waals surface area (Å²) in [7, 11) is -7.63. The van der Waals surface area contributed by atoms with Crippen LogP contribution in [0.5, 0.6) is 0 Å². The van der Waals surface area contributed by atoms with Crippen molar-refractivity contribution >= 4 is 20.0 Å². The van der Waals surface area contributed by atoms with E-state index >= 15 is 0 Å². The highest BCUT2D eigenvalue weighted by Gasteiger charge is 2.37. The van der Waals surface area contributed by atoms with Crippen molar-refractivity contribution in [3.63, 3.8) is 0 Å². The molecule has 5 rings (SSSR count). The Kier molecular flexibility index (Phi) is 8.79. The van der Waals surface area contributed by atoms with Gasteiger partial charge in [-0.3, -0.25) is 0 Å². The van der Waals surface area contributed by atoms with Crippen LogP contribution in [-0.2, 0) is 20.0 Å². The summed E-state index contributed by atoms with van der Waals surface area (Å²) < 4.78 is 57.1.